The van der Waals surface area contributed by atoms with Crippen LogP contribution in [0.4, 0.5) is 0 Å². The van der Waals surface area contributed by atoms with Crippen LogP contribution in [0, 0.1) is 5.41 Å². The Labute approximate surface area is 177 Å². The number of ketones is 2. The number of allylic oxidation sites excluding steroid dienone is 4. The van der Waals surface area contributed by atoms with Gasteiger partial charge in [0.2, 0.25) is 5.91 Å². The quantitative estimate of drug-likeness (QED) is 0.524. The summed E-state index contributed by atoms with van der Waals surface area (Å²) in [6, 6.07) is 8.50. The van der Waals surface area contributed by atoms with Gasteiger partial charge in [-0.15, -0.1) is 0 Å². The number of rotatable bonds is 8. The summed E-state index contributed by atoms with van der Waals surface area (Å²) in [5.41, 5.74) is 1.12. The van der Waals surface area contributed by atoms with E-state index in [4.69, 9.17) is 4.74 Å². The SMILES string of the molecule is CCOC(=O)C(Cc1ccccc1)NC(=O)CC(C)(C)C1=C(C)C(=O)C(C)=CC1=O. The zero-order valence-corrected chi connectivity index (χ0v) is 18.2. The molecule has 1 amide bonds. The molecule has 0 spiro atoms. The minimum absolute atomic E-state index is 0.0454. The molecular formula is C24H29NO5. The minimum Gasteiger partial charge on any atom is -0.464 e. The molecule has 1 aliphatic rings. The van der Waals surface area contributed by atoms with Crippen molar-refractivity contribution >= 4 is 23.4 Å². The maximum atomic E-state index is 12.8. The topological polar surface area (TPSA) is 89.5 Å². The van der Waals surface area contributed by atoms with E-state index in [9.17, 15) is 19.2 Å². The van der Waals surface area contributed by atoms with Gasteiger partial charge in [-0.3, -0.25) is 14.4 Å². The standard InChI is InChI=1S/C24H29NO5/c1-6-30-23(29)18(13-17-10-8-7-9-11-17)25-20(27)14-24(4,5)21-16(3)22(28)15(2)12-19(21)26/h7-12,18H,6,13-14H2,1-5H3,(H,25,27). The highest BCUT2D eigenvalue weighted by Crippen LogP contribution is 2.36. The number of nitrogens with one attached hydrogen (secondary N) is 1. The van der Waals surface area contributed by atoms with Gasteiger partial charge in [-0.2, -0.15) is 0 Å². The molecule has 160 valence electrons. The van der Waals surface area contributed by atoms with E-state index in [0.29, 0.717) is 23.1 Å². The molecule has 0 heterocycles. The number of carbonyl (C=O) groups is 4. The Morgan fingerprint density at radius 3 is 2.33 bits per heavy atom. The summed E-state index contributed by atoms with van der Waals surface area (Å²) in [6.07, 6.45) is 1.57. The van der Waals surface area contributed by atoms with Crippen molar-refractivity contribution in [1.82, 2.24) is 5.32 Å². The monoisotopic (exact) mass is 411 g/mol. The molecule has 0 saturated heterocycles. The maximum absolute atomic E-state index is 12.8. The lowest BCUT2D eigenvalue weighted by atomic mass is 9.73. The first-order valence-electron chi connectivity index (χ1n) is 10.1. The third kappa shape index (κ3) is 5.53. The van der Waals surface area contributed by atoms with Crippen LogP contribution in [0.1, 0.15) is 46.6 Å². The van der Waals surface area contributed by atoms with E-state index in [1.54, 1.807) is 34.6 Å². The summed E-state index contributed by atoms with van der Waals surface area (Å²) < 4.78 is 5.11. The van der Waals surface area contributed by atoms with E-state index in [2.05, 4.69) is 5.32 Å². The Balaban J connectivity index is 2.18. The second-order valence-electron chi connectivity index (χ2n) is 8.14. The van der Waals surface area contributed by atoms with Gasteiger partial charge in [0.15, 0.2) is 11.6 Å². The molecule has 0 bridgehead atoms. The average Bonchev–Trinajstić information content (AvgIpc) is 2.66. The van der Waals surface area contributed by atoms with Gasteiger partial charge >= 0.3 is 5.97 Å². The highest BCUT2D eigenvalue weighted by molar-refractivity contribution is 6.22. The Bertz CT molecular complexity index is 909. The molecule has 1 N–H and O–H groups in total. The molecule has 0 aliphatic heterocycles. The normalized spacial score (nSPS) is 15.6. The molecule has 1 aromatic carbocycles. The maximum Gasteiger partial charge on any atom is 0.328 e. The van der Waals surface area contributed by atoms with E-state index >= 15 is 0 Å². The number of hydrogen-bond donors (Lipinski definition) is 1. The first-order valence-corrected chi connectivity index (χ1v) is 10.1. The van der Waals surface area contributed by atoms with Gasteiger partial charge in [-0.05, 0) is 32.4 Å². The van der Waals surface area contributed by atoms with Crippen molar-refractivity contribution in [3.63, 3.8) is 0 Å². The fourth-order valence-corrected chi connectivity index (χ4v) is 3.79. The first kappa shape index (κ1) is 23.3. The van der Waals surface area contributed by atoms with Gasteiger partial charge in [0.25, 0.3) is 0 Å². The van der Waals surface area contributed by atoms with Gasteiger partial charge in [0.1, 0.15) is 6.04 Å². The molecule has 2 rings (SSSR count). The van der Waals surface area contributed by atoms with Crippen molar-refractivity contribution in [3.05, 3.63) is 58.7 Å². The van der Waals surface area contributed by atoms with E-state index in [0.717, 1.165) is 5.56 Å². The number of Topliss-reactive ketones (excluding diaryl/α,β-unsaturated/α-hetero) is 1. The second-order valence-corrected chi connectivity index (χ2v) is 8.14. The van der Waals surface area contributed by atoms with Crippen molar-refractivity contribution in [1.29, 1.82) is 0 Å². The lowest BCUT2D eigenvalue weighted by Gasteiger charge is -2.30. The Kier molecular flexibility index (Phi) is 7.48. The molecule has 1 unspecified atom stereocenters. The molecule has 1 atom stereocenters. The number of ether oxygens (including phenoxy) is 1. The van der Waals surface area contributed by atoms with Crippen LogP contribution in [0.3, 0.4) is 0 Å². The Morgan fingerprint density at radius 2 is 1.73 bits per heavy atom. The molecule has 0 aromatic heterocycles. The van der Waals surface area contributed by atoms with Crippen molar-refractivity contribution in [3.8, 4) is 0 Å². The third-order valence-corrected chi connectivity index (χ3v) is 5.14. The number of carbonyl (C=O) groups excluding carboxylic acids is 4. The van der Waals surface area contributed by atoms with Gasteiger partial charge in [0.05, 0.1) is 6.61 Å². The summed E-state index contributed by atoms with van der Waals surface area (Å²) >= 11 is 0. The molecule has 30 heavy (non-hydrogen) atoms. The van der Waals surface area contributed by atoms with Crippen molar-refractivity contribution in [2.24, 2.45) is 5.41 Å². The largest absolute Gasteiger partial charge is 0.464 e. The van der Waals surface area contributed by atoms with E-state index in [1.807, 2.05) is 30.3 Å². The summed E-state index contributed by atoms with van der Waals surface area (Å²) in [4.78, 5) is 50.1. The van der Waals surface area contributed by atoms with Crippen LogP contribution in [0.25, 0.3) is 0 Å². The molecule has 6 heteroatoms. The number of esters is 1. The van der Waals surface area contributed by atoms with Crippen LogP contribution in [0.5, 0.6) is 0 Å². The van der Waals surface area contributed by atoms with Crippen LogP contribution in [-0.2, 0) is 30.3 Å². The number of benzene rings is 1. The average molecular weight is 411 g/mol. The summed E-state index contributed by atoms with van der Waals surface area (Å²) in [5, 5.41) is 2.75. The molecule has 6 nitrogen and oxygen atoms in total. The second kappa shape index (κ2) is 9.65. The zero-order chi connectivity index (χ0) is 22.5. The molecular weight excluding hydrogens is 382 g/mol. The molecule has 0 saturated carbocycles. The number of amides is 1. The molecule has 0 radical (unpaired) electrons. The highest BCUT2D eigenvalue weighted by Gasteiger charge is 2.36. The Hall–Kier alpha value is -3.02. The van der Waals surface area contributed by atoms with Gasteiger partial charge in [0, 0.05) is 35.0 Å². The molecule has 0 fully saturated rings. The fraction of sp³-hybridized carbons (Fsp3) is 0.417. The molecule has 1 aliphatic carbocycles. The van der Waals surface area contributed by atoms with Gasteiger partial charge in [-0.25, -0.2) is 4.79 Å². The highest BCUT2D eigenvalue weighted by atomic mass is 16.5. The van der Waals surface area contributed by atoms with Gasteiger partial charge < -0.3 is 10.1 Å². The van der Waals surface area contributed by atoms with Crippen LogP contribution in [0.15, 0.2) is 53.1 Å². The zero-order valence-electron chi connectivity index (χ0n) is 18.2. The van der Waals surface area contributed by atoms with E-state index < -0.39 is 17.4 Å². The minimum atomic E-state index is -0.871. The number of hydrogen-bond acceptors (Lipinski definition) is 5. The molecule has 1 aromatic rings. The summed E-state index contributed by atoms with van der Waals surface area (Å²) in [5.74, 6) is -1.34. The predicted molar refractivity (Wildman–Crippen MR) is 114 cm³/mol. The van der Waals surface area contributed by atoms with Crippen LogP contribution >= 0.6 is 0 Å². The summed E-state index contributed by atoms with van der Waals surface area (Å²) in [6.45, 7) is 8.64. The van der Waals surface area contributed by atoms with E-state index in [-0.39, 0.29) is 30.5 Å². The lowest BCUT2D eigenvalue weighted by Crippen LogP contribution is -2.45. The van der Waals surface area contributed by atoms with Crippen LogP contribution < -0.4 is 5.32 Å². The van der Waals surface area contributed by atoms with Crippen molar-refractivity contribution < 1.29 is 23.9 Å². The predicted octanol–water partition coefficient (Wildman–Crippen LogP) is 3.11. The third-order valence-electron chi connectivity index (χ3n) is 5.14. The Morgan fingerprint density at radius 1 is 1.10 bits per heavy atom. The van der Waals surface area contributed by atoms with Crippen LogP contribution in [-0.4, -0.2) is 36.1 Å². The van der Waals surface area contributed by atoms with Crippen molar-refractivity contribution in [2.45, 2.75) is 53.5 Å². The summed E-state index contributed by atoms with van der Waals surface area (Å²) in [7, 11) is 0. The first-order chi connectivity index (χ1) is 14.1. The van der Waals surface area contributed by atoms with Gasteiger partial charge in [-0.1, -0.05) is 44.2 Å². The smallest absolute Gasteiger partial charge is 0.328 e. The van der Waals surface area contributed by atoms with Crippen LogP contribution in [0.2, 0.25) is 0 Å². The lowest BCUT2D eigenvalue weighted by molar-refractivity contribution is -0.147. The van der Waals surface area contributed by atoms with E-state index in [1.165, 1.54) is 6.08 Å². The fourth-order valence-electron chi connectivity index (χ4n) is 3.79. The van der Waals surface area contributed by atoms with Crippen molar-refractivity contribution in [2.75, 3.05) is 6.61 Å².